The van der Waals surface area contributed by atoms with E-state index in [1.807, 2.05) is 6.92 Å². The van der Waals surface area contributed by atoms with Gasteiger partial charge in [-0.3, -0.25) is 4.99 Å². The van der Waals surface area contributed by atoms with E-state index in [9.17, 15) is 0 Å². The number of hydrogen-bond donors (Lipinski definition) is 1. The van der Waals surface area contributed by atoms with Crippen molar-refractivity contribution in [2.45, 2.75) is 38.6 Å². The Balaban J connectivity index is 2.27. The van der Waals surface area contributed by atoms with Gasteiger partial charge in [-0.05, 0) is 19.3 Å². The van der Waals surface area contributed by atoms with Crippen molar-refractivity contribution in [3.05, 3.63) is 0 Å². The maximum atomic E-state index is 5.53. The van der Waals surface area contributed by atoms with E-state index in [0.717, 1.165) is 12.3 Å². The molecule has 1 fully saturated rings. The predicted molar refractivity (Wildman–Crippen MR) is 39.6 cm³/mol. The van der Waals surface area contributed by atoms with Crippen molar-refractivity contribution in [3.8, 4) is 0 Å². The monoisotopic (exact) mass is 126 g/mol. The van der Waals surface area contributed by atoms with Crippen LogP contribution in [0.5, 0.6) is 0 Å². The highest BCUT2D eigenvalue weighted by Gasteiger charge is 2.15. The van der Waals surface area contributed by atoms with E-state index in [1.165, 1.54) is 19.3 Å². The molecule has 0 unspecified atom stereocenters. The summed E-state index contributed by atoms with van der Waals surface area (Å²) in [7, 11) is 0. The Labute approximate surface area is 56.2 Å². The average molecular weight is 126 g/mol. The summed E-state index contributed by atoms with van der Waals surface area (Å²) in [6.07, 6.45) is 4.74. The van der Waals surface area contributed by atoms with E-state index < -0.39 is 0 Å². The largest absolute Gasteiger partial charge is 0.387 e. The van der Waals surface area contributed by atoms with Gasteiger partial charge in [-0.1, -0.05) is 6.92 Å². The van der Waals surface area contributed by atoms with Crippen LogP contribution >= 0.6 is 0 Å². The summed E-state index contributed by atoms with van der Waals surface area (Å²) < 4.78 is 0. The zero-order valence-electron chi connectivity index (χ0n) is 5.93. The molecule has 1 rings (SSSR count). The smallest absolute Gasteiger partial charge is 0.0937 e. The fourth-order valence-electron chi connectivity index (χ4n) is 0.842. The summed E-state index contributed by atoms with van der Waals surface area (Å²) >= 11 is 0. The first-order valence-corrected chi connectivity index (χ1v) is 3.65. The third kappa shape index (κ3) is 1.70. The van der Waals surface area contributed by atoms with Gasteiger partial charge in [-0.25, -0.2) is 0 Å². The first-order chi connectivity index (χ1) is 4.33. The number of aliphatic imine (C=N–C) groups is 1. The summed E-state index contributed by atoms with van der Waals surface area (Å²) in [5.41, 5.74) is 5.53. The maximum absolute atomic E-state index is 5.53. The highest BCUT2D eigenvalue weighted by atomic mass is 14.9. The summed E-state index contributed by atoms with van der Waals surface area (Å²) in [5.74, 6) is 0.819. The minimum Gasteiger partial charge on any atom is -0.387 e. The van der Waals surface area contributed by atoms with Gasteiger partial charge in [0.2, 0.25) is 0 Å². The van der Waals surface area contributed by atoms with Crippen molar-refractivity contribution >= 4 is 5.84 Å². The average Bonchev–Trinajstić information content (AvgIpc) is 1.78. The molecule has 2 nitrogen and oxygen atoms in total. The van der Waals surface area contributed by atoms with Crippen LogP contribution in [0.2, 0.25) is 0 Å². The van der Waals surface area contributed by atoms with Crippen molar-refractivity contribution in [1.29, 1.82) is 0 Å². The minimum absolute atomic E-state index is 0.574. The van der Waals surface area contributed by atoms with Crippen LogP contribution in [0.1, 0.15) is 32.6 Å². The molecule has 1 aliphatic carbocycles. The van der Waals surface area contributed by atoms with Gasteiger partial charge in [0.05, 0.1) is 11.9 Å². The topological polar surface area (TPSA) is 38.4 Å². The van der Waals surface area contributed by atoms with Gasteiger partial charge in [0.1, 0.15) is 0 Å². The molecular weight excluding hydrogens is 112 g/mol. The minimum atomic E-state index is 0.574. The molecule has 0 saturated heterocycles. The fraction of sp³-hybridized carbons (Fsp3) is 0.857. The lowest BCUT2D eigenvalue weighted by Gasteiger charge is -2.21. The Morgan fingerprint density at radius 3 is 2.67 bits per heavy atom. The van der Waals surface area contributed by atoms with Crippen LogP contribution in [0.25, 0.3) is 0 Å². The zero-order valence-corrected chi connectivity index (χ0v) is 5.93. The summed E-state index contributed by atoms with van der Waals surface area (Å²) in [4.78, 5) is 4.30. The van der Waals surface area contributed by atoms with Gasteiger partial charge in [0, 0.05) is 6.42 Å². The van der Waals surface area contributed by atoms with Crippen molar-refractivity contribution < 1.29 is 0 Å². The summed E-state index contributed by atoms with van der Waals surface area (Å²) in [5, 5.41) is 0. The number of hydrogen-bond acceptors (Lipinski definition) is 1. The lowest BCUT2D eigenvalue weighted by Crippen LogP contribution is -2.20. The van der Waals surface area contributed by atoms with Gasteiger partial charge in [0.15, 0.2) is 0 Å². The van der Waals surface area contributed by atoms with E-state index in [-0.39, 0.29) is 0 Å². The summed E-state index contributed by atoms with van der Waals surface area (Å²) in [6, 6.07) is 0.574. The number of amidine groups is 1. The van der Waals surface area contributed by atoms with Crippen LogP contribution in [0.3, 0.4) is 0 Å². The standard InChI is InChI=1S/C7H14N2/c1-2-7(8)9-6-4-3-5-6/h6H,2-5H2,1H3,(H2,8,9). The molecule has 2 N–H and O–H groups in total. The molecule has 0 aliphatic heterocycles. The molecule has 9 heavy (non-hydrogen) atoms. The van der Waals surface area contributed by atoms with E-state index in [4.69, 9.17) is 5.73 Å². The van der Waals surface area contributed by atoms with E-state index >= 15 is 0 Å². The lowest BCUT2D eigenvalue weighted by molar-refractivity contribution is 0.419. The van der Waals surface area contributed by atoms with Crippen LogP contribution in [0.4, 0.5) is 0 Å². The molecule has 1 saturated carbocycles. The lowest BCUT2D eigenvalue weighted by atomic mass is 9.94. The Morgan fingerprint density at radius 2 is 2.33 bits per heavy atom. The zero-order chi connectivity index (χ0) is 6.69. The highest BCUT2D eigenvalue weighted by molar-refractivity contribution is 5.80. The second-order valence-corrected chi connectivity index (χ2v) is 2.56. The highest BCUT2D eigenvalue weighted by Crippen LogP contribution is 2.21. The van der Waals surface area contributed by atoms with E-state index in [0.29, 0.717) is 6.04 Å². The first kappa shape index (κ1) is 6.59. The molecule has 2 heteroatoms. The molecule has 0 heterocycles. The molecule has 0 radical (unpaired) electrons. The van der Waals surface area contributed by atoms with Crippen molar-refractivity contribution in [3.63, 3.8) is 0 Å². The second kappa shape index (κ2) is 2.85. The third-order valence-electron chi connectivity index (χ3n) is 1.79. The van der Waals surface area contributed by atoms with Gasteiger partial charge in [-0.2, -0.15) is 0 Å². The Kier molecular flexibility index (Phi) is 2.09. The predicted octanol–water partition coefficient (Wildman–Crippen LogP) is 1.31. The van der Waals surface area contributed by atoms with Crippen LogP contribution < -0.4 is 5.73 Å². The molecule has 0 aromatic rings. The van der Waals surface area contributed by atoms with Gasteiger partial charge in [-0.15, -0.1) is 0 Å². The molecule has 52 valence electrons. The normalized spacial score (nSPS) is 21.7. The van der Waals surface area contributed by atoms with E-state index in [1.54, 1.807) is 0 Å². The van der Waals surface area contributed by atoms with Crippen LogP contribution in [0.15, 0.2) is 4.99 Å². The first-order valence-electron chi connectivity index (χ1n) is 3.65. The van der Waals surface area contributed by atoms with Gasteiger partial charge >= 0.3 is 0 Å². The summed E-state index contributed by atoms with van der Waals surface area (Å²) in [6.45, 7) is 2.04. The number of rotatable bonds is 2. The van der Waals surface area contributed by atoms with Crippen LogP contribution in [-0.4, -0.2) is 11.9 Å². The second-order valence-electron chi connectivity index (χ2n) is 2.56. The van der Waals surface area contributed by atoms with Crippen LogP contribution in [-0.2, 0) is 0 Å². The SMILES string of the molecule is CCC(N)=NC1CCC1. The van der Waals surface area contributed by atoms with Gasteiger partial charge < -0.3 is 5.73 Å². The molecule has 0 amide bonds. The van der Waals surface area contributed by atoms with E-state index in [2.05, 4.69) is 4.99 Å². The number of nitrogens with two attached hydrogens (primary N) is 1. The number of nitrogens with zero attached hydrogens (tertiary/aromatic N) is 1. The molecular formula is C7H14N2. The quantitative estimate of drug-likeness (QED) is 0.439. The maximum Gasteiger partial charge on any atom is 0.0937 e. The third-order valence-corrected chi connectivity index (χ3v) is 1.79. The Hall–Kier alpha value is -0.530. The molecule has 0 aromatic carbocycles. The van der Waals surface area contributed by atoms with Crippen LogP contribution in [0, 0.1) is 0 Å². The van der Waals surface area contributed by atoms with Crippen molar-refractivity contribution in [1.82, 2.24) is 0 Å². The molecule has 0 bridgehead atoms. The molecule has 1 aliphatic rings. The fourth-order valence-corrected chi connectivity index (χ4v) is 0.842. The molecule has 0 aromatic heterocycles. The van der Waals surface area contributed by atoms with Crippen molar-refractivity contribution in [2.24, 2.45) is 10.7 Å². The Bertz CT molecular complexity index is 114. The molecule has 0 atom stereocenters. The van der Waals surface area contributed by atoms with Crippen molar-refractivity contribution in [2.75, 3.05) is 0 Å². The van der Waals surface area contributed by atoms with Gasteiger partial charge in [0.25, 0.3) is 0 Å². The Morgan fingerprint density at radius 1 is 1.67 bits per heavy atom. The molecule has 0 spiro atoms.